The van der Waals surface area contributed by atoms with Gasteiger partial charge in [0.15, 0.2) is 0 Å². The minimum atomic E-state index is -0.815. The first-order valence-electron chi connectivity index (χ1n) is 4.70. The van der Waals surface area contributed by atoms with Gasteiger partial charge < -0.3 is 9.47 Å². The van der Waals surface area contributed by atoms with Crippen LogP contribution < -0.4 is 0 Å². The molecule has 0 rings (SSSR count). The largest absolute Gasteiger partial charge is 0.445 e. The van der Waals surface area contributed by atoms with Crippen molar-refractivity contribution in [2.24, 2.45) is 4.99 Å². The fourth-order valence-electron chi connectivity index (χ4n) is 0.860. The summed E-state index contributed by atoms with van der Waals surface area (Å²) in [7, 11) is 1.38. The van der Waals surface area contributed by atoms with Crippen LogP contribution in [-0.4, -0.2) is 43.2 Å². The number of imide groups is 1. The standard InChI is InChI=1S/C10H16N2O4/c1-5-7-16-10(14)12(8(3)15-4)9(13)11-6-2/h5-6,8H,1,7H2,2-4H3. The SMILES string of the molecule is C=CCOC(=O)N(C(=O)N=CC)C(C)OC. The van der Waals surface area contributed by atoms with Gasteiger partial charge in [0, 0.05) is 13.3 Å². The second kappa shape index (κ2) is 7.58. The lowest BCUT2D eigenvalue weighted by Crippen LogP contribution is -2.43. The topological polar surface area (TPSA) is 68.2 Å². The van der Waals surface area contributed by atoms with Crippen molar-refractivity contribution in [1.82, 2.24) is 4.90 Å². The van der Waals surface area contributed by atoms with Crippen LogP contribution in [0.15, 0.2) is 17.6 Å². The molecule has 6 nitrogen and oxygen atoms in total. The zero-order valence-corrected chi connectivity index (χ0v) is 9.67. The fraction of sp³-hybridized carbons (Fsp3) is 0.500. The van der Waals surface area contributed by atoms with Crippen LogP contribution in [0.25, 0.3) is 0 Å². The van der Waals surface area contributed by atoms with Crippen molar-refractivity contribution >= 4 is 18.3 Å². The highest BCUT2D eigenvalue weighted by Crippen LogP contribution is 2.05. The minimum absolute atomic E-state index is 0.0227. The molecule has 1 unspecified atom stereocenters. The number of carbonyl (C=O) groups excluding carboxylic acids is 2. The molecule has 0 bridgehead atoms. The van der Waals surface area contributed by atoms with Gasteiger partial charge >= 0.3 is 12.1 Å². The van der Waals surface area contributed by atoms with Crippen LogP contribution >= 0.6 is 0 Å². The molecule has 0 aliphatic carbocycles. The zero-order valence-electron chi connectivity index (χ0n) is 9.67. The number of methoxy groups -OCH3 is 1. The number of rotatable bonds is 4. The molecule has 0 aromatic rings. The van der Waals surface area contributed by atoms with Crippen LogP contribution in [-0.2, 0) is 9.47 Å². The van der Waals surface area contributed by atoms with E-state index in [2.05, 4.69) is 11.6 Å². The van der Waals surface area contributed by atoms with E-state index < -0.39 is 18.4 Å². The Labute approximate surface area is 94.5 Å². The van der Waals surface area contributed by atoms with E-state index in [4.69, 9.17) is 9.47 Å². The van der Waals surface area contributed by atoms with Gasteiger partial charge in [0.05, 0.1) is 0 Å². The second-order valence-electron chi connectivity index (χ2n) is 2.74. The molecule has 0 aliphatic rings. The van der Waals surface area contributed by atoms with Crippen LogP contribution in [0, 0.1) is 0 Å². The third-order valence-electron chi connectivity index (χ3n) is 1.67. The molecule has 0 spiro atoms. The number of carbonyl (C=O) groups is 2. The van der Waals surface area contributed by atoms with E-state index in [0.29, 0.717) is 0 Å². The van der Waals surface area contributed by atoms with Crippen molar-refractivity contribution in [3.8, 4) is 0 Å². The lowest BCUT2D eigenvalue weighted by atomic mass is 10.5. The van der Waals surface area contributed by atoms with Gasteiger partial charge in [0.1, 0.15) is 12.8 Å². The van der Waals surface area contributed by atoms with Crippen molar-refractivity contribution in [3.05, 3.63) is 12.7 Å². The minimum Gasteiger partial charge on any atom is -0.445 e. The molecule has 16 heavy (non-hydrogen) atoms. The summed E-state index contributed by atoms with van der Waals surface area (Å²) in [6.45, 7) is 6.53. The van der Waals surface area contributed by atoms with Crippen molar-refractivity contribution < 1.29 is 19.1 Å². The van der Waals surface area contributed by atoms with Gasteiger partial charge in [-0.25, -0.2) is 19.5 Å². The second-order valence-corrected chi connectivity index (χ2v) is 2.74. The van der Waals surface area contributed by atoms with Crippen LogP contribution in [0.1, 0.15) is 13.8 Å². The van der Waals surface area contributed by atoms with E-state index >= 15 is 0 Å². The summed E-state index contributed by atoms with van der Waals surface area (Å²) < 4.78 is 9.62. The molecule has 90 valence electrons. The van der Waals surface area contributed by atoms with Crippen LogP contribution in [0.2, 0.25) is 0 Å². The number of ether oxygens (including phenoxy) is 2. The zero-order chi connectivity index (χ0) is 12.6. The van der Waals surface area contributed by atoms with Crippen molar-refractivity contribution in [2.45, 2.75) is 20.1 Å². The first kappa shape index (κ1) is 14.3. The molecule has 0 aromatic heterocycles. The highest BCUT2D eigenvalue weighted by Gasteiger charge is 2.27. The van der Waals surface area contributed by atoms with E-state index in [-0.39, 0.29) is 6.61 Å². The monoisotopic (exact) mass is 228 g/mol. The van der Waals surface area contributed by atoms with Gasteiger partial charge in [-0.1, -0.05) is 12.7 Å². The Morgan fingerprint density at radius 2 is 2.19 bits per heavy atom. The normalized spacial score (nSPS) is 12.2. The Morgan fingerprint density at radius 3 is 2.62 bits per heavy atom. The third-order valence-corrected chi connectivity index (χ3v) is 1.67. The van der Waals surface area contributed by atoms with Crippen LogP contribution in [0.4, 0.5) is 9.59 Å². The predicted molar refractivity (Wildman–Crippen MR) is 59.4 cm³/mol. The number of aliphatic imine (C=N–C) groups is 1. The molecular formula is C10H16N2O4. The van der Waals surface area contributed by atoms with Gasteiger partial charge in [-0.15, -0.1) is 0 Å². The molecule has 0 radical (unpaired) electrons. The van der Waals surface area contributed by atoms with Gasteiger partial charge in [-0.3, -0.25) is 0 Å². The molecular weight excluding hydrogens is 212 g/mol. The summed E-state index contributed by atoms with van der Waals surface area (Å²) >= 11 is 0. The molecule has 1 atom stereocenters. The van der Waals surface area contributed by atoms with Crippen molar-refractivity contribution in [1.29, 1.82) is 0 Å². The lowest BCUT2D eigenvalue weighted by Gasteiger charge is -2.22. The predicted octanol–water partition coefficient (Wildman–Crippen LogP) is 1.81. The molecule has 0 aromatic carbocycles. The highest BCUT2D eigenvalue weighted by molar-refractivity contribution is 5.94. The molecule has 0 saturated carbocycles. The number of hydrogen-bond acceptors (Lipinski definition) is 4. The number of hydrogen-bond donors (Lipinski definition) is 0. The molecule has 3 amide bonds. The fourth-order valence-corrected chi connectivity index (χ4v) is 0.860. The molecule has 0 heterocycles. The van der Waals surface area contributed by atoms with E-state index in [0.717, 1.165) is 4.90 Å². The maximum atomic E-state index is 11.5. The Balaban J connectivity index is 4.72. The molecule has 0 aliphatic heterocycles. The van der Waals surface area contributed by atoms with Gasteiger partial charge in [-0.05, 0) is 13.8 Å². The molecule has 6 heteroatoms. The van der Waals surface area contributed by atoms with Crippen LogP contribution in [0.5, 0.6) is 0 Å². The maximum absolute atomic E-state index is 11.5. The van der Waals surface area contributed by atoms with Crippen molar-refractivity contribution in [3.63, 3.8) is 0 Å². The van der Waals surface area contributed by atoms with E-state index in [9.17, 15) is 9.59 Å². The molecule has 0 saturated heterocycles. The summed E-state index contributed by atoms with van der Waals surface area (Å²) in [6.07, 6.45) is 1.14. The summed E-state index contributed by atoms with van der Waals surface area (Å²) in [5, 5.41) is 0. The first-order valence-corrected chi connectivity index (χ1v) is 4.70. The number of nitrogens with zero attached hydrogens (tertiary/aromatic N) is 2. The van der Waals surface area contributed by atoms with Gasteiger partial charge in [0.2, 0.25) is 0 Å². The highest BCUT2D eigenvalue weighted by atomic mass is 16.6. The van der Waals surface area contributed by atoms with E-state index in [1.807, 2.05) is 0 Å². The van der Waals surface area contributed by atoms with E-state index in [1.54, 1.807) is 6.92 Å². The smallest absolute Gasteiger partial charge is 0.420 e. The van der Waals surface area contributed by atoms with Gasteiger partial charge in [-0.2, -0.15) is 0 Å². The molecule has 0 fully saturated rings. The number of amides is 3. The average molecular weight is 228 g/mol. The summed E-state index contributed by atoms with van der Waals surface area (Å²) in [5.74, 6) is 0. The van der Waals surface area contributed by atoms with E-state index in [1.165, 1.54) is 26.3 Å². The Kier molecular flexibility index (Phi) is 6.78. The maximum Gasteiger partial charge on any atom is 0.420 e. The third kappa shape index (κ3) is 4.22. The van der Waals surface area contributed by atoms with Crippen molar-refractivity contribution in [2.75, 3.05) is 13.7 Å². The van der Waals surface area contributed by atoms with Crippen LogP contribution in [0.3, 0.4) is 0 Å². The average Bonchev–Trinajstić information content (AvgIpc) is 2.26. The van der Waals surface area contributed by atoms with Gasteiger partial charge in [0.25, 0.3) is 0 Å². The number of urea groups is 1. The summed E-state index contributed by atoms with van der Waals surface area (Å²) in [5.41, 5.74) is 0. The molecule has 0 N–H and O–H groups in total. The summed E-state index contributed by atoms with van der Waals surface area (Å²) in [4.78, 5) is 27.2. The lowest BCUT2D eigenvalue weighted by molar-refractivity contribution is 0.00663. The summed E-state index contributed by atoms with van der Waals surface area (Å²) in [6, 6.07) is -0.731. The Morgan fingerprint density at radius 1 is 1.56 bits per heavy atom. The Bertz CT molecular complexity index is 289. The Hall–Kier alpha value is -1.69. The first-order chi connectivity index (χ1) is 7.58. The quantitative estimate of drug-likeness (QED) is 0.418.